The third-order valence-corrected chi connectivity index (χ3v) is 0.885. The van der Waals surface area contributed by atoms with E-state index in [1.165, 1.54) is 0 Å². The van der Waals surface area contributed by atoms with Gasteiger partial charge >= 0.3 is 0 Å². The first-order chi connectivity index (χ1) is 3.77. The molecular formula is C3H8ClN2O2P. The van der Waals surface area contributed by atoms with Crippen LogP contribution in [-0.4, -0.2) is 11.5 Å². The molecule has 0 aliphatic carbocycles. The Hall–Kier alpha value is 0.0900. The van der Waals surface area contributed by atoms with Crippen LogP contribution in [0.4, 0.5) is 0 Å². The zero-order chi connectivity index (χ0) is 6.41. The van der Waals surface area contributed by atoms with E-state index in [0.29, 0.717) is 0 Å². The van der Waals surface area contributed by atoms with Gasteiger partial charge in [-0.3, -0.25) is 5.50 Å². The summed E-state index contributed by atoms with van der Waals surface area (Å²) in [7, 11) is -1.76. The number of rotatable bonds is 3. The summed E-state index contributed by atoms with van der Waals surface area (Å²) in [6, 6.07) is 1.84. The van der Waals surface area contributed by atoms with E-state index in [-0.39, 0.29) is 25.4 Å². The van der Waals surface area contributed by atoms with Crippen molar-refractivity contribution in [2.45, 2.75) is 6.42 Å². The average molecular weight is 171 g/mol. The predicted octanol–water partition coefficient (Wildman–Crippen LogP) is 0.516. The van der Waals surface area contributed by atoms with E-state index in [1.807, 2.05) is 6.07 Å². The summed E-state index contributed by atoms with van der Waals surface area (Å²) in [5.74, 6) is 0. The van der Waals surface area contributed by atoms with Crippen LogP contribution in [0.2, 0.25) is 0 Å². The van der Waals surface area contributed by atoms with Crippen molar-refractivity contribution in [3.05, 3.63) is 0 Å². The van der Waals surface area contributed by atoms with Gasteiger partial charge in [-0.1, -0.05) is 0 Å². The molecule has 0 spiro atoms. The van der Waals surface area contributed by atoms with Crippen LogP contribution in [0, 0.1) is 11.3 Å². The standard InChI is InChI=1S/C3H7N2O2P.ClH/c4-2-1-3-7-8(5)6;/h6H,1,3,5H2;1H. The highest BCUT2D eigenvalue weighted by Crippen LogP contribution is 2.18. The Kier molecular flexibility index (Phi) is 10.6. The van der Waals surface area contributed by atoms with Crippen molar-refractivity contribution in [1.82, 2.24) is 0 Å². The summed E-state index contributed by atoms with van der Waals surface area (Å²) < 4.78 is 4.46. The topological polar surface area (TPSA) is 79.3 Å². The average Bonchev–Trinajstić information content (AvgIpc) is 1.66. The number of halogens is 1. The van der Waals surface area contributed by atoms with Crippen molar-refractivity contribution in [2.75, 3.05) is 6.61 Å². The lowest BCUT2D eigenvalue weighted by atomic mass is 10.5. The summed E-state index contributed by atoms with van der Waals surface area (Å²) >= 11 is 0. The summed E-state index contributed by atoms with van der Waals surface area (Å²) in [5.41, 5.74) is 4.82. The Balaban J connectivity index is 0. The molecule has 0 rings (SSSR count). The van der Waals surface area contributed by atoms with Crippen molar-refractivity contribution >= 4 is 20.9 Å². The minimum Gasteiger partial charge on any atom is -0.338 e. The van der Waals surface area contributed by atoms with Crippen LogP contribution in [-0.2, 0) is 4.52 Å². The maximum absolute atomic E-state index is 8.29. The van der Waals surface area contributed by atoms with E-state index >= 15 is 0 Å². The second-order valence-corrected chi connectivity index (χ2v) is 1.91. The highest BCUT2D eigenvalue weighted by molar-refractivity contribution is 7.43. The van der Waals surface area contributed by atoms with E-state index in [2.05, 4.69) is 4.52 Å². The van der Waals surface area contributed by atoms with Gasteiger partial charge in [-0.05, 0) is 0 Å². The summed E-state index contributed by atoms with van der Waals surface area (Å²) in [4.78, 5) is 8.29. The van der Waals surface area contributed by atoms with Crippen LogP contribution in [0.1, 0.15) is 6.42 Å². The van der Waals surface area contributed by atoms with Crippen molar-refractivity contribution < 1.29 is 9.42 Å². The van der Waals surface area contributed by atoms with Crippen molar-refractivity contribution in [2.24, 2.45) is 5.50 Å². The third kappa shape index (κ3) is 11.6. The van der Waals surface area contributed by atoms with Gasteiger partial charge in [0.15, 0.2) is 0 Å². The van der Waals surface area contributed by atoms with E-state index in [0.717, 1.165) is 0 Å². The molecule has 0 aliphatic heterocycles. The Morgan fingerprint density at radius 2 is 2.33 bits per heavy atom. The number of hydrogen-bond acceptors (Lipinski definition) is 4. The summed E-state index contributed by atoms with van der Waals surface area (Å²) in [5, 5.41) is 7.93. The first kappa shape index (κ1) is 11.8. The van der Waals surface area contributed by atoms with Crippen molar-refractivity contribution in [3.63, 3.8) is 0 Å². The fourth-order valence-corrected chi connectivity index (χ4v) is 0.463. The molecule has 0 aliphatic rings. The zero-order valence-electron chi connectivity index (χ0n) is 4.65. The first-order valence-electron chi connectivity index (χ1n) is 2.01. The number of nitrogens with zero attached hydrogens (tertiary/aromatic N) is 1. The first-order valence-corrected chi connectivity index (χ1v) is 3.29. The maximum atomic E-state index is 8.29. The molecule has 0 saturated carbocycles. The Morgan fingerprint density at radius 1 is 1.78 bits per heavy atom. The largest absolute Gasteiger partial charge is 0.338 e. The fourth-order valence-electron chi connectivity index (χ4n) is 0.185. The second kappa shape index (κ2) is 8.09. The van der Waals surface area contributed by atoms with E-state index in [9.17, 15) is 0 Å². The van der Waals surface area contributed by atoms with E-state index in [1.54, 1.807) is 0 Å². The lowest BCUT2D eigenvalue weighted by Crippen LogP contribution is -1.93. The monoisotopic (exact) mass is 170 g/mol. The quantitative estimate of drug-likeness (QED) is 0.478. The Labute approximate surface area is 61.0 Å². The number of hydrogen-bond donors (Lipinski definition) is 2. The molecule has 3 N–H and O–H groups in total. The second-order valence-electron chi connectivity index (χ2n) is 1.04. The minimum atomic E-state index is -1.76. The van der Waals surface area contributed by atoms with Crippen LogP contribution in [0.25, 0.3) is 0 Å². The molecule has 9 heavy (non-hydrogen) atoms. The molecule has 0 fully saturated rings. The molecule has 0 heterocycles. The molecule has 1 unspecified atom stereocenters. The zero-order valence-corrected chi connectivity index (χ0v) is 6.36. The van der Waals surface area contributed by atoms with Gasteiger partial charge in [0, 0.05) is 0 Å². The van der Waals surface area contributed by atoms with Gasteiger partial charge in [0.05, 0.1) is 19.1 Å². The highest BCUT2D eigenvalue weighted by atomic mass is 35.5. The molecular weight excluding hydrogens is 162 g/mol. The minimum absolute atomic E-state index is 0. The molecule has 0 aromatic rings. The van der Waals surface area contributed by atoms with Crippen LogP contribution < -0.4 is 5.50 Å². The molecule has 54 valence electrons. The molecule has 0 aromatic carbocycles. The number of nitriles is 1. The molecule has 0 aromatic heterocycles. The fraction of sp³-hybridized carbons (Fsp3) is 0.667. The van der Waals surface area contributed by atoms with E-state index < -0.39 is 8.53 Å². The SMILES string of the molecule is Cl.N#CCCOP(N)O. The number of nitrogens with two attached hydrogens (primary N) is 1. The molecule has 6 heteroatoms. The third-order valence-electron chi connectivity index (χ3n) is 0.437. The van der Waals surface area contributed by atoms with Gasteiger partial charge in [0.1, 0.15) is 0 Å². The predicted molar refractivity (Wildman–Crippen MR) is 36.8 cm³/mol. The molecule has 0 radical (unpaired) electrons. The summed E-state index contributed by atoms with van der Waals surface area (Å²) in [6.45, 7) is 0.217. The maximum Gasteiger partial charge on any atom is 0.250 e. The Bertz CT molecular complexity index is 94.3. The van der Waals surface area contributed by atoms with Crippen LogP contribution >= 0.6 is 20.9 Å². The van der Waals surface area contributed by atoms with Crippen LogP contribution in [0.15, 0.2) is 0 Å². The lowest BCUT2D eigenvalue weighted by molar-refractivity contribution is 0.318. The van der Waals surface area contributed by atoms with Crippen molar-refractivity contribution in [1.29, 1.82) is 5.26 Å². The normalized spacial score (nSPS) is 11.2. The van der Waals surface area contributed by atoms with Gasteiger partial charge in [0.2, 0.25) is 8.53 Å². The smallest absolute Gasteiger partial charge is 0.250 e. The Morgan fingerprint density at radius 3 is 2.67 bits per heavy atom. The van der Waals surface area contributed by atoms with Crippen LogP contribution in [0.3, 0.4) is 0 Å². The van der Waals surface area contributed by atoms with Gasteiger partial charge in [0.25, 0.3) is 0 Å². The molecule has 0 amide bonds. The molecule has 4 nitrogen and oxygen atoms in total. The lowest BCUT2D eigenvalue weighted by Gasteiger charge is -1.99. The van der Waals surface area contributed by atoms with Gasteiger partial charge in [-0.15, -0.1) is 12.4 Å². The summed E-state index contributed by atoms with van der Waals surface area (Å²) in [6.07, 6.45) is 0.274. The van der Waals surface area contributed by atoms with Crippen LogP contribution in [0.5, 0.6) is 0 Å². The van der Waals surface area contributed by atoms with Gasteiger partial charge in [-0.25, -0.2) is 0 Å². The van der Waals surface area contributed by atoms with Gasteiger partial charge in [-0.2, -0.15) is 5.26 Å². The molecule has 0 saturated heterocycles. The molecule has 0 bridgehead atoms. The molecule has 1 atom stereocenters. The van der Waals surface area contributed by atoms with Gasteiger partial charge < -0.3 is 9.42 Å². The highest BCUT2D eigenvalue weighted by Gasteiger charge is 1.92. The van der Waals surface area contributed by atoms with E-state index in [4.69, 9.17) is 15.7 Å². The van der Waals surface area contributed by atoms with Crippen molar-refractivity contribution in [3.8, 4) is 6.07 Å².